The molecule has 1 rings (SSSR count). The van der Waals surface area contributed by atoms with Gasteiger partial charge in [-0.1, -0.05) is 0 Å². The fourth-order valence-corrected chi connectivity index (χ4v) is 2.56. The van der Waals surface area contributed by atoms with Gasteiger partial charge in [0.25, 0.3) is 10.0 Å². The van der Waals surface area contributed by atoms with E-state index in [-0.39, 0.29) is 18.2 Å². The van der Waals surface area contributed by atoms with E-state index in [4.69, 9.17) is 5.11 Å². The van der Waals surface area contributed by atoms with Gasteiger partial charge in [-0.25, -0.2) is 13.4 Å². The predicted octanol–water partition coefficient (Wildman–Crippen LogP) is 0.126. The van der Waals surface area contributed by atoms with Crippen LogP contribution in [0, 0.1) is 0 Å². The van der Waals surface area contributed by atoms with Crippen LogP contribution >= 0.6 is 0 Å². The van der Waals surface area contributed by atoms with Crippen LogP contribution in [0.2, 0.25) is 0 Å². The molecule has 1 heterocycles. The third-order valence-corrected chi connectivity index (χ3v) is 4.03. The SMILES string of the molecule is CCNc1cccnc1S(=O)(=O)N(C)CCO. The monoisotopic (exact) mass is 259 g/mol. The van der Waals surface area contributed by atoms with E-state index in [1.54, 1.807) is 12.1 Å². The predicted molar refractivity (Wildman–Crippen MR) is 65.3 cm³/mol. The quantitative estimate of drug-likeness (QED) is 0.758. The Morgan fingerprint density at radius 2 is 2.24 bits per heavy atom. The first kappa shape index (κ1) is 13.9. The Morgan fingerprint density at radius 1 is 1.53 bits per heavy atom. The number of aromatic nitrogens is 1. The molecule has 0 spiro atoms. The van der Waals surface area contributed by atoms with Crippen molar-refractivity contribution in [3.8, 4) is 0 Å². The first-order valence-corrected chi connectivity index (χ1v) is 6.74. The highest BCUT2D eigenvalue weighted by Gasteiger charge is 2.24. The number of aliphatic hydroxyl groups is 1. The molecule has 0 saturated heterocycles. The van der Waals surface area contributed by atoms with Crippen LogP contribution in [0.25, 0.3) is 0 Å². The molecule has 2 N–H and O–H groups in total. The van der Waals surface area contributed by atoms with E-state index >= 15 is 0 Å². The molecule has 0 atom stereocenters. The largest absolute Gasteiger partial charge is 0.395 e. The van der Waals surface area contributed by atoms with Crippen LogP contribution in [0.1, 0.15) is 6.92 Å². The number of hydrogen-bond acceptors (Lipinski definition) is 5. The van der Waals surface area contributed by atoms with E-state index in [1.807, 2.05) is 6.92 Å². The number of anilines is 1. The average molecular weight is 259 g/mol. The molecule has 0 aromatic carbocycles. The van der Waals surface area contributed by atoms with Gasteiger partial charge in [-0.2, -0.15) is 4.31 Å². The summed E-state index contributed by atoms with van der Waals surface area (Å²) < 4.78 is 25.3. The van der Waals surface area contributed by atoms with Gasteiger partial charge in [-0.3, -0.25) is 0 Å². The molecule has 6 nitrogen and oxygen atoms in total. The lowest BCUT2D eigenvalue weighted by Crippen LogP contribution is -2.30. The molecule has 17 heavy (non-hydrogen) atoms. The zero-order valence-electron chi connectivity index (χ0n) is 9.92. The highest BCUT2D eigenvalue weighted by Crippen LogP contribution is 2.20. The van der Waals surface area contributed by atoms with Crippen LogP contribution in [-0.2, 0) is 10.0 Å². The molecule has 0 unspecified atom stereocenters. The number of aliphatic hydroxyl groups excluding tert-OH is 1. The first-order valence-electron chi connectivity index (χ1n) is 5.30. The fourth-order valence-electron chi connectivity index (χ4n) is 1.33. The van der Waals surface area contributed by atoms with Crippen molar-refractivity contribution in [3.63, 3.8) is 0 Å². The van der Waals surface area contributed by atoms with Gasteiger partial charge in [0.05, 0.1) is 12.3 Å². The van der Waals surface area contributed by atoms with Crippen LogP contribution in [0.4, 0.5) is 5.69 Å². The van der Waals surface area contributed by atoms with Gasteiger partial charge in [0, 0.05) is 26.3 Å². The second-order valence-corrected chi connectivity index (χ2v) is 5.40. The summed E-state index contributed by atoms with van der Waals surface area (Å²) >= 11 is 0. The van der Waals surface area contributed by atoms with Crippen LogP contribution in [-0.4, -0.2) is 49.6 Å². The van der Waals surface area contributed by atoms with Crippen LogP contribution in [0.3, 0.4) is 0 Å². The van der Waals surface area contributed by atoms with E-state index in [2.05, 4.69) is 10.3 Å². The highest BCUT2D eigenvalue weighted by atomic mass is 32.2. The number of hydrogen-bond donors (Lipinski definition) is 2. The van der Waals surface area contributed by atoms with Crippen molar-refractivity contribution in [1.82, 2.24) is 9.29 Å². The van der Waals surface area contributed by atoms with E-state index in [1.165, 1.54) is 13.2 Å². The number of rotatable bonds is 6. The van der Waals surface area contributed by atoms with Crippen molar-refractivity contribution in [2.45, 2.75) is 11.9 Å². The summed E-state index contributed by atoms with van der Waals surface area (Å²) in [5, 5.41) is 11.7. The molecule has 0 aliphatic rings. The number of likely N-dealkylation sites (N-methyl/N-ethyl adjacent to an activating group) is 1. The van der Waals surface area contributed by atoms with Gasteiger partial charge in [0.1, 0.15) is 0 Å². The maximum absolute atomic E-state index is 12.1. The van der Waals surface area contributed by atoms with Gasteiger partial charge >= 0.3 is 0 Å². The van der Waals surface area contributed by atoms with Crippen LogP contribution < -0.4 is 5.32 Å². The number of nitrogens with zero attached hydrogens (tertiary/aromatic N) is 2. The molecule has 1 aromatic rings. The van der Waals surface area contributed by atoms with Crippen molar-refractivity contribution in [1.29, 1.82) is 0 Å². The highest BCUT2D eigenvalue weighted by molar-refractivity contribution is 7.89. The lowest BCUT2D eigenvalue weighted by Gasteiger charge is -2.17. The minimum absolute atomic E-state index is 0.0159. The van der Waals surface area contributed by atoms with Gasteiger partial charge in [0.15, 0.2) is 5.03 Å². The van der Waals surface area contributed by atoms with E-state index in [0.717, 1.165) is 4.31 Å². The van der Waals surface area contributed by atoms with Crippen LogP contribution in [0.5, 0.6) is 0 Å². The zero-order valence-corrected chi connectivity index (χ0v) is 10.7. The summed E-state index contributed by atoms with van der Waals surface area (Å²) in [5.41, 5.74) is 0.472. The van der Waals surface area contributed by atoms with Crippen molar-refractivity contribution in [2.24, 2.45) is 0 Å². The minimum atomic E-state index is -3.65. The Bertz CT molecular complexity index is 462. The van der Waals surface area contributed by atoms with E-state index < -0.39 is 10.0 Å². The first-order chi connectivity index (χ1) is 8.04. The summed E-state index contributed by atoms with van der Waals surface area (Å²) in [6, 6.07) is 3.33. The summed E-state index contributed by atoms with van der Waals surface area (Å²) in [5.74, 6) is 0. The summed E-state index contributed by atoms with van der Waals surface area (Å²) in [4.78, 5) is 3.90. The molecule has 1 aromatic heterocycles. The number of nitrogens with one attached hydrogen (secondary N) is 1. The van der Waals surface area contributed by atoms with Crippen molar-refractivity contribution < 1.29 is 13.5 Å². The summed E-state index contributed by atoms with van der Waals surface area (Å²) in [6.45, 7) is 2.31. The molecule has 0 fully saturated rings. The topological polar surface area (TPSA) is 82.5 Å². The minimum Gasteiger partial charge on any atom is -0.395 e. The smallest absolute Gasteiger partial charge is 0.262 e. The normalized spacial score (nSPS) is 11.8. The average Bonchev–Trinajstić information content (AvgIpc) is 2.30. The Hall–Kier alpha value is -1.18. The Morgan fingerprint density at radius 3 is 2.82 bits per heavy atom. The summed E-state index contributed by atoms with van der Waals surface area (Å²) in [6.07, 6.45) is 1.43. The Kier molecular flexibility index (Phi) is 4.86. The van der Waals surface area contributed by atoms with Crippen molar-refractivity contribution >= 4 is 15.7 Å². The Balaban J connectivity index is 3.14. The second-order valence-electron chi connectivity index (χ2n) is 3.44. The van der Waals surface area contributed by atoms with Crippen molar-refractivity contribution in [2.75, 3.05) is 32.1 Å². The molecule has 0 radical (unpaired) electrons. The molecule has 0 saturated carbocycles. The zero-order chi connectivity index (χ0) is 12.9. The maximum Gasteiger partial charge on any atom is 0.262 e. The number of sulfonamides is 1. The fraction of sp³-hybridized carbons (Fsp3) is 0.500. The standard InChI is InChI=1S/C10H17N3O3S/c1-3-11-9-5-4-6-12-10(9)17(15,16)13(2)7-8-14/h4-6,11,14H,3,7-8H2,1-2H3. The third kappa shape index (κ3) is 3.15. The molecule has 96 valence electrons. The van der Waals surface area contributed by atoms with Crippen molar-refractivity contribution in [3.05, 3.63) is 18.3 Å². The van der Waals surface area contributed by atoms with Gasteiger partial charge in [-0.05, 0) is 19.1 Å². The molecular weight excluding hydrogens is 242 g/mol. The van der Waals surface area contributed by atoms with Gasteiger partial charge in [0.2, 0.25) is 0 Å². The molecular formula is C10H17N3O3S. The lowest BCUT2D eigenvalue weighted by atomic mass is 10.4. The molecule has 0 aliphatic carbocycles. The van der Waals surface area contributed by atoms with Gasteiger partial charge < -0.3 is 10.4 Å². The molecule has 0 amide bonds. The molecule has 7 heteroatoms. The molecule has 0 bridgehead atoms. The maximum atomic E-state index is 12.1. The number of pyridine rings is 1. The van der Waals surface area contributed by atoms with Crippen LogP contribution in [0.15, 0.2) is 23.4 Å². The van der Waals surface area contributed by atoms with E-state index in [0.29, 0.717) is 12.2 Å². The second kappa shape index (κ2) is 5.95. The Labute approximate surface area is 101 Å². The van der Waals surface area contributed by atoms with Gasteiger partial charge in [-0.15, -0.1) is 0 Å². The van der Waals surface area contributed by atoms with E-state index in [9.17, 15) is 8.42 Å². The lowest BCUT2D eigenvalue weighted by molar-refractivity contribution is 0.266. The third-order valence-electron chi connectivity index (χ3n) is 2.21. The summed E-state index contributed by atoms with van der Waals surface area (Å²) in [7, 11) is -2.24. The molecule has 0 aliphatic heterocycles.